The number of aromatic nitrogens is 2. The minimum atomic E-state index is -0.428. The van der Waals surface area contributed by atoms with Gasteiger partial charge in [0.05, 0.1) is 0 Å². The van der Waals surface area contributed by atoms with Crippen LogP contribution < -0.4 is 16.0 Å². The molecule has 25 heavy (non-hydrogen) atoms. The van der Waals surface area contributed by atoms with Crippen molar-refractivity contribution in [2.75, 3.05) is 16.0 Å². The van der Waals surface area contributed by atoms with E-state index in [1.807, 2.05) is 0 Å². The lowest BCUT2D eigenvalue weighted by Gasteiger charge is -2.08. The van der Waals surface area contributed by atoms with Crippen LogP contribution in [-0.2, 0) is 0 Å². The Morgan fingerprint density at radius 3 is 2.36 bits per heavy atom. The number of rotatable bonds is 4. The van der Waals surface area contributed by atoms with Crippen molar-refractivity contribution in [3.05, 3.63) is 64.9 Å². The highest BCUT2D eigenvalue weighted by Crippen LogP contribution is 2.15. The molecule has 3 amide bonds. The molecule has 0 aliphatic rings. The minimum Gasteiger partial charge on any atom is -0.308 e. The molecule has 2 heterocycles. The molecule has 2 aromatic heterocycles. The Kier molecular flexibility index (Phi) is 5.22. The summed E-state index contributed by atoms with van der Waals surface area (Å²) in [6, 6.07) is 9.22. The first-order chi connectivity index (χ1) is 12.1. The minimum absolute atomic E-state index is 0.266. The van der Waals surface area contributed by atoms with Crippen molar-refractivity contribution in [1.29, 1.82) is 0 Å². The van der Waals surface area contributed by atoms with Crippen molar-refractivity contribution >= 4 is 51.4 Å². The first kappa shape index (κ1) is 16.9. The number of anilines is 3. The van der Waals surface area contributed by atoms with Gasteiger partial charge in [-0.1, -0.05) is 11.6 Å². The third kappa shape index (κ3) is 4.75. The molecular weight excluding hydrogens is 362 g/mol. The van der Waals surface area contributed by atoms with Gasteiger partial charge in [0.15, 0.2) is 5.13 Å². The molecule has 3 N–H and O–H groups in total. The van der Waals surface area contributed by atoms with Gasteiger partial charge >= 0.3 is 6.03 Å². The molecular formula is C16H12ClN5O2S. The number of nitrogens with one attached hydrogen (secondary N) is 3. The Labute approximate surface area is 152 Å². The monoisotopic (exact) mass is 373 g/mol. The third-order valence-electron chi connectivity index (χ3n) is 3.04. The Hall–Kier alpha value is -2.97. The number of hydrogen-bond acceptors (Lipinski definition) is 5. The summed E-state index contributed by atoms with van der Waals surface area (Å²) in [4.78, 5) is 31.8. The van der Waals surface area contributed by atoms with E-state index in [4.69, 9.17) is 11.6 Å². The van der Waals surface area contributed by atoms with Gasteiger partial charge < -0.3 is 10.6 Å². The van der Waals surface area contributed by atoms with Crippen LogP contribution in [0.2, 0.25) is 5.15 Å². The summed E-state index contributed by atoms with van der Waals surface area (Å²) in [6.45, 7) is 0. The van der Waals surface area contributed by atoms with E-state index in [9.17, 15) is 9.59 Å². The van der Waals surface area contributed by atoms with E-state index in [1.54, 1.807) is 41.9 Å². The first-order valence-corrected chi connectivity index (χ1v) is 8.36. The molecule has 7 nitrogen and oxygen atoms in total. The lowest BCUT2D eigenvalue weighted by atomic mass is 10.2. The molecule has 0 unspecified atom stereocenters. The molecule has 0 spiro atoms. The van der Waals surface area contributed by atoms with Crippen LogP contribution in [0, 0.1) is 0 Å². The van der Waals surface area contributed by atoms with E-state index in [0.29, 0.717) is 22.1 Å². The van der Waals surface area contributed by atoms with Crippen LogP contribution in [0.15, 0.2) is 54.2 Å². The fraction of sp³-hybridized carbons (Fsp3) is 0. The lowest BCUT2D eigenvalue weighted by molar-refractivity contribution is 0.102. The van der Waals surface area contributed by atoms with E-state index in [1.165, 1.54) is 23.6 Å². The number of nitrogens with zero attached hydrogens (tertiary/aromatic N) is 2. The second kappa shape index (κ2) is 7.73. The van der Waals surface area contributed by atoms with Crippen LogP contribution in [-0.4, -0.2) is 21.9 Å². The smallest absolute Gasteiger partial charge is 0.308 e. The van der Waals surface area contributed by atoms with Crippen LogP contribution >= 0.6 is 22.9 Å². The highest BCUT2D eigenvalue weighted by Gasteiger charge is 2.08. The molecule has 0 bridgehead atoms. The number of pyridine rings is 1. The summed E-state index contributed by atoms with van der Waals surface area (Å²) < 4.78 is 0. The summed E-state index contributed by atoms with van der Waals surface area (Å²) in [5.41, 5.74) is 1.53. The number of carbonyl (C=O) groups is 2. The topological polar surface area (TPSA) is 96.0 Å². The molecule has 3 rings (SSSR count). The highest BCUT2D eigenvalue weighted by atomic mass is 35.5. The van der Waals surface area contributed by atoms with Crippen LogP contribution in [0.5, 0.6) is 0 Å². The normalized spacial score (nSPS) is 10.1. The van der Waals surface area contributed by atoms with Gasteiger partial charge in [0.25, 0.3) is 5.91 Å². The molecule has 0 atom stereocenters. The summed E-state index contributed by atoms with van der Waals surface area (Å²) >= 11 is 7.10. The molecule has 0 saturated heterocycles. The van der Waals surface area contributed by atoms with Crippen molar-refractivity contribution in [2.45, 2.75) is 0 Å². The number of thiazole rings is 1. The molecule has 0 aliphatic carbocycles. The second-order valence-electron chi connectivity index (χ2n) is 4.82. The van der Waals surface area contributed by atoms with Gasteiger partial charge in [0.1, 0.15) is 5.15 Å². The van der Waals surface area contributed by atoms with E-state index >= 15 is 0 Å². The van der Waals surface area contributed by atoms with Gasteiger partial charge in [-0.25, -0.2) is 14.8 Å². The maximum absolute atomic E-state index is 12.1. The van der Waals surface area contributed by atoms with Gasteiger partial charge in [-0.3, -0.25) is 10.1 Å². The zero-order valence-corrected chi connectivity index (χ0v) is 14.3. The SMILES string of the molecule is O=C(Nc1ccc(C(=O)Nc2nccs2)cc1)Nc1ccnc(Cl)c1. The second-order valence-corrected chi connectivity index (χ2v) is 6.10. The van der Waals surface area contributed by atoms with Crippen LogP contribution in [0.1, 0.15) is 10.4 Å². The zero-order chi connectivity index (χ0) is 17.6. The van der Waals surface area contributed by atoms with Gasteiger partial charge in [0, 0.05) is 34.7 Å². The van der Waals surface area contributed by atoms with Crippen molar-refractivity contribution in [2.24, 2.45) is 0 Å². The number of amides is 3. The molecule has 9 heteroatoms. The molecule has 126 valence electrons. The number of hydrogen-bond donors (Lipinski definition) is 3. The third-order valence-corrected chi connectivity index (χ3v) is 3.94. The van der Waals surface area contributed by atoms with Gasteiger partial charge in [0.2, 0.25) is 0 Å². The number of halogens is 1. The van der Waals surface area contributed by atoms with Gasteiger partial charge in [-0.15, -0.1) is 11.3 Å². The molecule has 1 aromatic carbocycles. The van der Waals surface area contributed by atoms with Gasteiger partial charge in [-0.2, -0.15) is 0 Å². The Morgan fingerprint density at radius 1 is 0.920 bits per heavy atom. The standard InChI is InChI=1S/C16H12ClN5O2S/c17-13-9-12(5-6-18-13)21-15(24)20-11-3-1-10(2-4-11)14(23)22-16-19-7-8-25-16/h1-9H,(H,19,22,23)(H2,18,20,21,24). The summed E-state index contributed by atoms with van der Waals surface area (Å²) in [5.74, 6) is -0.266. The number of urea groups is 1. The molecule has 0 radical (unpaired) electrons. The summed E-state index contributed by atoms with van der Waals surface area (Å²) in [7, 11) is 0. The Balaban J connectivity index is 1.58. The average molecular weight is 374 g/mol. The fourth-order valence-electron chi connectivity index (χ4n) is 1.93. The fourth-order valence-corrected chi connectivity index (χ4v) is 2.63. The highest BCUT2D eigenvalue weighted by molar-refractivity contribution is 7.13. The van der Waals surface area contributed by atoms with E-state index < -0.39 is 6.03 Å². The van der Waals surface area contributed by atoms with Gasteiger partial charge in [-0.05, 0) is 36.4 Å². The predicted octanol–water partition coefficient (Wildman–Crippen LogP) is 4.09. The molecule has 0 fully saturated rings. The lowest BCUT2D eigenvalue weighted by Crippen LogP contribution is -2.19. The van der Waals surface area contributed by atoms with E-state index in [2.05, 4.69) is 25.9 Å². The largest absolute Gasteiger partial charge is 0.323 e. The first-order valence-electron chi connectivity index (χ1n) is 7.10. The van der Waals surface area contributed by atoms with E-state index in [0.717, 1.165) is 0 Å². The van der Waals surface area contributed by atoms with Crippen LogP contribution in [0.3, 0.4) is 0 Å². The van der Waals surface area contributed by atoms with Crippen molar-refractivity contribution in [1.82, 2.24) is 9.97 Å². The van der Waals surface area contributed by atoms with Crippen molar-refractivity contribution < 1.29 is 9.59 Å². The number of benzene rings is 1. The molecule has 0 aliphatic heterocycles. The average Bonchev–Trinajstić information content (AvgIpc) is 3.08. The summed E-state index contributed by atoms with van der Waals surface area (Å²) in [5, 5.41) is 10.6. The maximum Gasteiger partial charge on any atom is 0.323 e. The Bertz CT molecular complexity index is 884. The molecule has 3 aromatic rings. The maximum atomic E-state index is 12.1. The Morgan fingerprint density at radius 2 is 1.68 bits per heavy atom. The van der Waals surface area contributed by atoms with Crippen LogP contribution in [0.4, 0.5) is 21.3 Å². The summed E-state index contributed by atoms with van der Waals surface area (Å²) in [6.07, 6.45) is 3.11. The van der Waals surface area contributed by atoms with E-state index in [-0.39, 0.29) is 11.1 Å². The molecule has 0 saturated carbocycles. The van der Waals surface area contributed by atoms with Crippen molar-refractivity contribution in [3.63, 3.8) is 0 Å². The quantitative estimate of drug-likeness (QED) is 0.600. The van der Waals surface area contributed by atoms with Crippen molar-refractivity contribution in [3.8, 4) is 0 Å². The number of carbonyl (C=O) groups excluding carboxylic acids is 2. The predicted molar refractivity (Wildman–Crippen MR) is 98.4 cm³/mol. The van der Waals surface area contributed by atoms with Crippen LogP contribution in [0.25, 0.3) is 0 Å². The zero-order valence-electron chi connectivity index (χ0n) is 12.7.